The zero-order valence-corrected chi connectivity index (χ0v) is 9.45. The average Bonchev–Trinajstić information content (AvgIpc) is 2.18. The molecule has 1 saturated carbocycles. The molecule has 1 aliphatic heterocycles. The van der Waals surface area contributed by atoms with Crippen molar-refractivity contribution >= 4 is 0 Å². The quantitative estimate of drug-likeness (QED) is 0.692. The molecule has 0 spiro atoms. The van der Waals surface area contributed by atoms with E-state index >= 15 is 0 Å². The number of rotatable bonds is 1. The van der Waals surface area contributed by atoms with E-state index < -0.39 is 0 Å². The first-order chi connectivity index (χ1) is 6.72. The zero-order valence-electron chi connectivity index (χ0n) is 9.45. The molecule has 2 fully saturated rings. The molecule has 4 atom stereocenters. The zero-order chi connectivity index (χ0) is 10.1. The molecule has 2 aliphatic rings. The minimum absolute atomic E-state index is 0.402. The van der Waals surface area contributed by atoms with Crippen LogP contribution in [0, 0.1) is 17.8 Å². The summed E-state index contributed by atoms with van der Waals surface area (Å²) in [5.74, 6) is 2.15. The van der Waals surface area contributed by atoms with E-state index in [0.29, 0.717) is 12.5 Å². The van der Waals surface area contributed by atoms with E-state index in [1.165, 1.54) is 32.2 Å². The van der Waals surface area contributed by atoms with Crippen LogP contribution in [-0.4, -0.2) is 36.2 Å². The van der Waals surface area contributed by atoms with Crippen LogP contribution in [0.25, 0.3) is 0 Å². The molecule has 2 heteroatoms. The molecule has 0 aromatic carbocycles. The van der Waals surface area contributed by atoms with Gasteiger partial charge in [0.2, 0.25) is 0 Å². The summed E-state index contributed by atoms with van der Waals surface area (Å²) in [7, 11) is 2.25. The van der Waals surface area contributed by atoms with E-state index in [-0.39, 0.29) is 0 Å². The Kier molecular flexibility index (Phi) is 3.13. The molecule has 14 heavy (non-hydrogen) atoms. The van der Waals surface area contributed by atoms with Gasteiger partial charge in [0.25, 0.3) is 0 Å². The lowest BCUT2D eigenvalue weighted by Crippen LogP contribution is -2.50. The van der Waals surface area contributed by atoms with Gasteiger partial charge in [-0.15, -0.1) is 0 Å². The second-order valence-corrected chi connectivity index (χ2v) is 5.37. The Balaban J connectivity index is 2.09. The fourth-order valence-electron chi connectivity index (χ4n) is 3.58. The maximum absolute atomic E-state index is 9.42. The van der Waals surface area contributed by atoms with Gasteiger partial charge in [-0.25, -0.2) is 0 Å². The summed E-state index contributed by atoms with van der Waals surface area (Å²) in [5, 5.41) is 9.42. The number of hydrogen-bond donors (Lipinski definition) is 1. The molecule has 2 rings (SSSR count). The maximum Gasteiger partial charge on any atom is 0.0462 e. The first-order valence-corrected chi connectivity index (χ1v) is 6.03. The minimum Gasteiger partial charge on any atom is -0.396 e. The van der Waals surface area contributed by atoms with E-state index in [9.17, 15) is 5.11 Å². The highest BCUT2D eigenvalue weighted by Crippen LogP contribution is 2.40. The van der Waals surface area contributed by atoms with Gasteiger partial charge in [-0.05, 0) is 57.0 Å². The third-order valence-corrected chi connectivity index (χ3v) is 4.30. The standard InChI is InChI=1S/C12H23NO/c1-9-6-10(8-14)11-4-3-5-13(2)12(11)7-9/h9-12,14H,3-8H2,1-2H3/t9-,10+,11-,12-/m1/s1. The van der Waals surface area contributed by atoms with Crippen molar-refractivity contribution in [2.75, 3.05) is 20.2 Å². The van der Waals surface area contributed by atoms with Crippen LogP contribution in [0.15, 0.2) is 0 Å². The molecule has 1 heterocycles. The summed E-state index contributed by atoms with van der Waals surface area (Å²) in [6.45, 7) is 3.99. The minimum atomic E-state index is 0.402. The number of nitrogens with zero attached hydrogens (tertiary/aromatic N) is 1. The number of hydrogen-bond acceptors (Lipinski definition) is 2. The van der Waals surface area contributed by atoms with Crippen LogP contribution in [0.2, 0.25) is 0 Å². The Bertz CT molecular complexity index is 195. The van der Waals surface area contributed by atoms with E-state index in [0.717, 1.165) is 17.9 Å². The van der Waals surface area contributed by atoms with Gasteiger partial charge in [-0.2, -0.15) is 0 Å². The van der Waals surface area contributed by atoms with Crippen molar-refractivity contribution in [1.29, 1.82) is 0 Å². The van der Waals surface area contributed by atoms with Crippen LogP contribution < -0.4 is 0 Å². The van der Waals surface area contributed by atoms with Crippen LogP contribution in [0.5, 0.6) is 0 Å². The Hall–Kier alpha value is -0.0800. The molecule has 0 aromatic heterocycles. The Labute approximate surface area is 87.3 Å². The number of fused-ring (bicyclic) bond motifs is 1. The fraction of sp³-hybridized carbons (Fsp3) is 1.00. The van der Waals surface area contributed by atoms with Crippen molar-refractivity contribution in [2.24, 2.45) is 17.8 Å². The summed E-state index contributed by atoms with van der Waals surface area (Å²) in [5.41, 5.74) is 0. The topological polar surface area (TPSA) is 23.5 Å². The van der Waals surface area contributed by atoms with Crippen LogP contribution in [-0.2, 0) is 0 Å². The monoisotopic (exact) mass is 197 g/mol. The largest absolute Gasteiger partial charge is 0.396 e. The number of piperidine rings is 1. The number of aliphatic hydroxyl groups is 1. The lowest BCUT2D eigenvalue weighted by Gasteiger charge is -2.48. The molecule has 0 unspecified atom stereocenters. The second-order valence-electron chi connectivity index (χ2n) is 5.37. The maximum atomic E-state index is 9.42. The van der Waals surface area contributed by atoms with Gasteiger partial charge in [0.15, 0.2) is 0 Å². The molecular weight excluding hydrogens is 174 g/mol. The molecule has 0 radical (unpaired) electrons. The normalized spacial score (nSPS) is 44.8. The van der Waals surface area contributed by atoms with Gasteiger partial charge in [0.05, 0.1) is 0 Å². The van der Waals surface area contributed by atoms with E-state index in [1.54, 1.807) is 0 Å². The molecule has 0 aromatic rings. The van der Waals surface area contributed by atoms with E-state index in [1.807, 2.05) is 0 Å². The highest BCUT2D eigenvalue weighted by molar-refractivity contribution is 4.92. The first kappa shape index (κ1) is 10.4. The third kappa shape index (κ3) is 1.82. The lowest BCUT2D eigenvalue weighted by atomic mass is 9.68. The van der Waals surface area contributed by atoms with Crippen molar-refractivity contribution in [1.82, 2.24) is 4.90 Å². The van der Waals surface area contributed by atoms with E-state index in [2.05, 4.69) is 18.9 Å². The molecule has 1 saturated heterocycles. The van der Waals surface area contributed by atoms with Crippen molar-refractivity contribution in [2.45, 2.75) is 38.6 Å². The summed E-state index contributed by atoms with van der Waals surface area (Å²) < 4.78 is 0. The Morgan fingerprint density at radius 3 is 2.86 bits per heavy atom. The SMILES string of the molecule is C[C@@H]1C[C@@H](CO)[C@H]2CCCN(C)[C@@H]2C1. The second kappa shape index (κ2) is 4.19. The average molecular weight is 197 g/mol. The van der Waals surface area contributed by atoms with Gasteiger partial charge in [0, 0.05) is 12.6 Å². The summed E-state index contributed by atoms with van der Waals surface area (Å²) in [4.78, 5) is 2.52. The first-order valence-electron chi connectivity index (χ1n) is 6.03. The van der Waals surface area contributed by atoms with Gasteiger partial charge in [-0.1, -0.05) is 6.92 Å². The van der Waals surface area contributed by atoms with Crippen LogP contribution in [0.3, 0.4) is 0 Å². The molecule has 2 nitrogen and oxygen atoms in total. The predicted molar refractivity (Wildman–Crippen MR) is 58.1 cm³/mol. The summed E-state index contributed by atoms with van der Waals surface area (Å²) >= 11 is 0. The molecule has 0 amide bonds. The van der Waals surface area contributed by atoms with Crippen LogP contribution >= 0.6 is 0 Å². The van der Waals surface area contributed by atoms with Crippen molar-refractivity contribution in [3.8, 4) is 0 Å². The molecular formula is C12H23NO. The van der Waals surface area contributed by atoms with E-state index in [4.69, 9.17) is 0 Å². The van der Waals surface area contributed by atoms with Crippen LogP contribution in [0.4, 0.5) is 0 Å². The summed E-state index contributed by atoms with van der Waals surface area (Å²) in [6.07, 6.45) is 5.25. The predicted octanol–water partition coefficient (Wildman–Crippen LogP) is 1.74. The Morgan fingerprint density at radius 2 is 2.14 bits per heavy atom. The molecule has 82 valence electrons. The number of aliphatic hydroxyl groups excluding tert-OH is 1. The van der Waals surface area contributed by atoms with Gasteiger partial charge in [0.1, 0.15) is 0 Å². The van der Waals surface area contributed by atoms with Gasteiger partial charge in [-0.3, -0.25) is 0 Å². The highest BCUT2D eigenvalue weighted by atomic mass is 16.3. The molecule has 1 N–H and O–H groups in total. The Morgan fingerprint density at radius 1 is 1.36 bits per heavy atom. The van der Waals surface area contributed by atoms with Gasteiger partial charge < -0.3 is 10.0 Å². The lowest BCUT2D eigenvalue weighted by molar-refractivity contribution is 0.000386. The van der Waals surface area contributed by atoms with Crippen molar-refractivity contribution < 1.29 is 5.11 Å². The van der Waals surface area contributed by atoms with Crippen molar-refractivity contribution in [3.63, 3.8) is 0 Å². The molecule has 0 bridgehead atoms. The molecule has 1 aliphatic carbocycles. The third-order valence-electron chi connectivity index (χ3n) is 4.30. The summed E-state index contributed by atoms with van der Waals surface area (Å²) in [6, 6.07) is 0.754. The smallest absolute Gasteiger partial charge is 0.0462 e. The van der Waals surface area contributed by atoms with Crippen molar-refractivity contribution in [3.05, 3.63) is 0 Å². The van der Waals surface area contributed by atoms with Gasteiger partial charge >= 0.3 is 0 Å². The van der Waals surface area contributed by atoms with Crippen LogP contribution in [0.1, 0.15) is 32.6 Å². The fourth-order valence-corrected chi connectivity index (χ4v) is 3.58. The number of likely N-dealkylation sites (tertiary alicyclic amines) is 1. The highest BCUT2D eigenvalue weighted by Gasteiger charge is 2.39.